The lowest BCUT2D eigenvalue weighted by Gasteiger charge is -2.03. The number of aryl methyl sites for hydroxylation is 3. The Bertz CT molecular complexity index is 538. The van der Waals surface area contributed by atoms with Crippen molar-refractivity contribution >= 4 is 5.91 Å². The van der Waals surface area contributed by atoms with Crippen molar-refractivity contribution in [2.75, 3.05) is 0 Å². The third kappa shape index (κ3) is 2.61. The van der Waals surface area contributed by atoms with Gasteiger partial charge in [-0.2, -0.15) is 5.10 Å². The summed E-state index contributed by atoms with van der Waals surface area (Å²) in [5.74, 6) is 0.0134. The fourth-order valence-corrected chi connectivity index (χ4v) is 1.84. The second kappa shape index (κ2) is 4.53. The molecule has 0 amide bonds. The van der Waals surface area contributed by atoms with E-state index in [1.54, 1.807) is 0 Å². The Morgan fingerprint density at radius 1 is 1.18 bits per heavy atom. The molecule has 17 heavy (non-hydrogen) atoms. The van der Waals surface area contributed by atoms with Crippen LogP contribution in [0.25, 0.3) is 0 Å². The number of nitrogens with zero attached hydrogens (tertiary/aromatic N) is 2. The highest BCUT2D eigenvalue weighted by Gasteiger charge is 2.10. The monoisotopic (exact) mass is 228 g/mol. The van der Waals surface area contributed by atoms with Crippen LogP contribution in [0.5, 0.6) is 0 Å². The normalized spacial score (nSPS) is 10.5. The van der Waals surface area contributed by atoms with Gasteiger partial charge in [0.05, 0.1) is 12.1 Å². The lowest BCUT2D eigenvalue weighted by molar-refractivity contribution is 0.0895. The maximum absolute atomic E-state index is 12.0. The van der Waals surface area contributed by atoms with E-state index in [-0.39, 0.29) is 5.91 Å². The van der Waals surface area contributed by atoms with Gasteiger partial charge in [-0.15, -0.1) is 0 Å². The van der Waals surface area contributed by atoms with E-state index in [4.69, 9.17) is 0 Å². The van der Waals surface area contributed by atoms with E-state index in [9.17, 15) is 4.79 Å². The van der Waals surface area contributed by atoms with Gasteiger partial charge in [-0.25, -0.2) is 4.68 Å². The molecule has 3 nitrogen and oxygen atoms in total. The number of hydrogen-bond acceptors (Lipinski definition) is 2. The average molecular weight is 228 g/mol. The largest absolute Gasteiger partial charge is 0.272 e. The van der Waals surface area contributed by atoms with Gasteiger partial charge >= 0.3 is 0 Å². The number of hydrogen-bond donors (Lipinski definition) is 0. The highest BCUT2D eigenvalue weighted by molar-refractivity contribution is 5.81. The van der Waals surface area contributed by atoms with E-state index < -0.39 is 0 Å². The Balaban J connectivity index is 2.17. The number of aromatic nitrogens is 2. The predicted octanol–water partition coefficient (Wildman–Crippen LogP) is 2.69. The highest BCUT2D eigenvalue weighted by atomic mass is 16.2. The zero-order chi connectivity index (χ0) is 12.4. The second-order valence-electron chi connectivity index (χ2n) is 4.40. The Hall–Kier alpha value is -1.90. The second-order valence-corrected chi connectivity index (χ2v) is 4.40. The Labute approximate surface area is 101 Å². The molecule has 3 heteroatoms. The van der Waals surface area contributed by atoms with E-state index in [0.29, 0.717) is 6.42 Å². The molecular formula is C14H16N2O. The zero-order valence-electron chi connectivity index (χ0n) is 10.4. The summed E-state index contributed by atoms with van der Waals surface area (Å²) in [6, 6.07) is 9.92. The summed E-state index contributed by atoms with van der Waals surface area (Å²) >= 11 is 0. The standard InChI is InChI=1S/C14H16N2O/c1-10-4-6-13(7-5-10)9-14(17)16-12(3)8-11(2)15-16/h4-8H,9H2,1-3H3. The maximum Gasteiger partial charge on any atom is 0.251 e. The van der Waals surface area contributed by atoms with Crippen LogP contribution in [0.1, 0.15) is 27.3 Å². The number of benzene rings is 1. The predicted molar refractivity (Wildman–Crippen MR) is 67.2 cm³/mol. The van der Waals surface area contributed by atoms with E-state index in [1.165, 1.54) is 10.2 Å². The lowest BCUT2D eigenvalue weighted by Crippen LogP contribution is -2.16. The highest BCUT2D eigenvalue weighted by Crippen LogP contribution is 2.07. The topological polar surface area (TPSA) is 34.9 Å². The average Bonchev–Trinajstić information content (AvgIpc) is 2.61. The molecule has 2 aromatic rings. The molecular weight excluding hydrogens is 212 g/mol. The van der Waals surface area contributed by atoms with Gasteiger partial charge in [-0.05, 0) is 32.4 Å². The first-order valence-electron chi connectivity index (χ1n) is 5.68. The van der Waals surface area contributed by atoms with Crippen LogP contribution in [0, 0.1) is 20.8 Å². The molecule has 0 N–H and O–H groups in total. The molecule has 0 atom stereocenters. The zero-order valence-corrected chi connectivity index (χ0v) is 10.4. The summed E-state index contributed by atoms with van der Waals surface area (Å²) in [6.45, 7) is 5.82. The molecule has 88 valence electrons. The van der Waals surface area contributed by atoms with E-state index in [2.05, 4.69) is 5.10 Å². The van der Waals surface area contributed by atoms with Crippen LogP contribution in [0.2, 0.25) is 0 Å². The molecule has 0 fully saturated rings. The number of carbonyl (C=O) groups is 1. The first-order chi connectivity index (χ1) is 8.06. The smallest absolute Gasteiger partial charge is 0.251 e. The minimum Gasteiger partial charge on any atom is -0.272 e. The van der Waals surface area contributed by atoms with Crippen molar-refractivity contribution in [3.05, 3.63) is 52.8 Å². The molecule has 2 rings (SSSR count). The summed E-state index contributed by atoms with van der Waals surface area (Å²) < 4.78 is 1.48. The van der Waals surface area contributed by atoms with Crippen LogP contribution in [0.4, 0.5) is 0 Å². The third-order valence-electron chi connectivity index (χ3n) is 2.72. The van der Waals surface area contributed by atoms with Gasteiger partial charge in [0.15, 0.2) is 0 Å². The number of rotatable bonds is 2. The van der Waals surface area contributed by atoms with Crippen LogP contribution in [0.3, 0.4) is 0 Å². The summed E-state index contributed by atoms with van der Waals surface area (Å²) in [5, 5.41) is 4.19. The summed E-state index contributed by atoms with van der Waals surface area (Å²) in [6.07, 6.45) is 0.391. The minimum atomic E-state index is 0.0134. The maximum atomic E-state index is 12.0. The van der Waals surface area contributed by atoms with Crippen molar-refractivity contribution in [2.24, 2.45) is 0 Å². The first kappa shape index (κ1) is 11.6. The van der Waals surface area contributed by atoms with Gasteiger partial charge in [0, 0.05) is 5.69 Å². The molecule has 0 aliphatic carbocycles. The van der Waals surface area contributed by atoms with Crippen LogP contribution in [0.15, 0.2) is 30.3 Å². The van der Waals surface area contributed by atoms with Gasteiger partial charge < -0.3 is 0 Å². The Kier molecular flexibility index (Phi) is 3.09. The Morgan fingerprint density at radius 3 is 2.35 bits per heavy atom. The van der Waals surface area contributed by atoms with Crippen molar-refractivity contribution in [1.29, 1.82) is 0 Å². The van der Waals surface area contributed by atoms with Crippen molar-refractivity contribution in [3.8, 4) is 0 Å². The molecule has 1 heterocycles. The number of carbonyl (C=O) groups excluding carboxylic acids is 1. The molecule has 0 saturated heterocycles. The quantitative estimate of drug-likeness (QED) is 0.792. The lowest BCUT2D eigenvalue weighted by atomic mass is 10.1. The molecule has 1 aromatic heterocycles. The molecule has 0 unspecified atom stereocenters. The van der Waals surface area contributed by atoms with Crippen LogP contribution in [-0.2, 0) is 6.42 Å². The molecule has 0 bridgehead atoms. The van der Waals surface area contributed by atoms with Crippen LogP contribution in [-0.4, -0.2) is 15.7 Å². The van der Waals surface area contributed by atoms with Gasteiger partial charge in [0.1, 0.15) is 0 Å². The van der Waals surface area contributed by atoms with E-state index in [1.807, 2.05) is 51.1 Å². The van der Waals surface area contributed by atoms with E-state index in [0.717, 1.165) is 17.0 Å². The molecule has 0 aliphatic heterocycles. The summed E-state index contributed by atoms with van der Waals surface area (Å²) in [5.41, 5.74) is 3.99. The van der Waals surface area contributed by atoms with Crippen LogP contribution >= 0.6 is 0 Å². The Morgan fingerprint density at radius 2 is 1.82 bits per heavy atom. The first-order valence-corrected chi connectivity index (χ1v) is 5.68. The van der Waals surface area contributed by atoms with Gasteiger partial charge in [-0.1, -0.05) is 29.8 Å². The van der Waals surface area contributed by atoms with Gasteiger partial charge in [0.2, 0.25) is 0 Å². The fraction of sp³-hybridized carbons (Fsp3) is 0.286. The SMILES string of the molecule is Cc1ccc(CC(=O)n2nc(C)cc2C)cc1. The van der Waals surface area contributed by atoms with Gasteiger partial charge in [-0.3, -0.25) is 4.79 Å². The summed E-state index contributed by atoms with van der Waals surface area (Å²) in [7, 11) is 0. The van der Waals surface area contributed by atoms with Crippen molar-refractivity contribution < 1.29 is 4.79 Å². The van der Waals surface area contributed by atoms with Crippen molar-refractivity contribution in [2.45, 2.75) is 27.2 Å². The minimum absolute atomic E-state index is 0.0134. The van der Waals surface area contributed by atoms with Crippen molar-refractivity contribution in [1.82, 2.24) is 9.78 Å². The fourth-order valence-electron chi connectivity index (χ4n) is 1.84. The van der Waals surface area contributed by atoms with E-state index >= 15 is 0 Å². The van der Waals surface area contributed by atoms with Crippen LogP contribution < -0.4 is 0 Å². The molecule has 0 saturated carbocycles. The molecule has 1 aromatic carbocycles. The molecule has 0 aliphatic rings. The van der Waals surface area contributed by atoms with Crippen molar-refractivity contribution in [3.63, 3.8) is 0 Å². The molecule has 0 spiro atoms. The molecule has 0 radical (unpaired) electrons. The summed E-state index contributed by atoms with van der Waals surface area (Å²) in [4.78, 5) is 12.0. The van der Waals surface area contributed by atoms with Gasteiger partial charge in [0.25, 0.3) is 5.91 Å². The third-order valence-corrected chi connectivity index (χ3v) is 2.72.